The molecule has 1 heterocycles. The molecule has 0 aromatic heterocycles. The molecule has 0 unspecified atom stereocenters. The third kappa shape index (κ3) is 10.4. The molecule has 338 valence electrons. The third-order valence-corrected chi connectivity index (χ3v) is 14.8. The van der Waals surface area contributed by atoms with E-state index in [-0.39, 0.29) is 41.0 Å². The van der Waals surface area contributed by atoms with Crippen LogP contribution in [0.4, 0.5) is 5.69 Å². The number of carbonyl (C=O) groups excluding carboxylic acids is 2. The van der Waals surface area contributed by atoms with Crippen molar-refractivity contribution in [1.82, 2.24) is 10.6 Å². The number of aldehydes is 1. The number of nitrogens with one attached hydrogen (secondary N) is 3. The highest BCUT2D eigenvalue weighted by Gasteiger charge is 2.49. The number of nitrogens with zero attached hydrogens (tertiary/aromatic N) is 1. The van der Waals surface area contributed by atoms with Gasteiger partial charge in [-0.05, 0) is 136 Å². The maximum absolute atomic E-state index is 15.2. The van der Waals surface area contributed by atoms with Crippen molar-refractivity contribution in [3.8, 4) is 35.0 Å². The molecule has 6 rings (SSSR count). The largest absolute Gasteiger partial charge is 0.504 e. The van der Waals surface area contributed by atoms with Gasteiger partial charge >= 0.3 is 0 Å². The maximum Gasteiger partial charge on any atom is 0.207 e. The summed E-state index contributed by atoms with van der Waals surface area (Å²) in [7, 11) is 6.61. The van der Waals surface area contributed by atoms with E-state index in [0.717, 1.165) is 94.5 Å². The molecule has 7 atom stereocenters. The molecule has 62 heavy (non-hydrogen) atoms. The van der Waals surface area contributed by atoms with Crippen LogP contribution in [0.15, 0.2) is 47.5 Å². The standard InChI is InChI=1S/C50H70N4O8/c1-6-34(20-26-55)13-15-38-16-18-44(57)50(32-35-14-17-41(56)42(27-35)60-4)23-9-11-37(50)12-10-25-53-47(52-3)54-40-29-39(49(38)21-7-8-22-49)30-43(46(40)59)62-48(33-51-2)24-19-36(31-48)28-45(58)61-5/h14,16-18,26-27,29-30,34,36-38,45,51,56,58-59H,6-9,11-13,15,19-24,28,31-33H2,1-5H3,(H2,52,53,54)/b18-16+/t34-,36+,37+,38-,45-,48-,50+/m1/s1. The summed E-state index contributed by atoms with van der Waals surface area (Å²) in [6.07, 6.45) is 17.2. The summed E-state index contributed by atoms with van der Waals surface area (Å²) in [5.41, 5.74) is 0.612. The van der Waals surface area contributed by atoms with Gasteiger partial charge in [-0.25, -0.2) is 0 Å². The number of aliphatic hydroxyl groups excluding tert-OH is 1. The van der Waals surface area contributed by atoms with Crippen molar-refractivity contribution < 1.29 is 39.1 Å². The molecule has 12 heteroatoms. The quantitative estimate of drug-likeness (QED) is 0.0420. The Morgan fingerprint density at radius 1 is 1.06 bits per heavy atom. The molecule has 1 spiro atoms. The van der Waals surface area contributed by atoms with Crippen molar-refractivity contribution in [2.24, 2.45) is 34.1 Å². The number of likely N-dealkylation sites (N-methyl/N-ethyl adjacent to an activating group) is 1. The fraction of sp³-hybridized carbons (Fsp3) is 0.620. The molecule has 2 aromatic rings. The van der Waals surface area contributed by atoms with Gasteiger partial charge in [-0.2, -0.15) is 0 Å². The van der Waals surface area contributed by atoms with Gasteiger partial charge in [0.25, 0.3) is 0 Å². The van der Waals surface area contributed by atoms with Crippen LogP contribution >= 0.6 is 0 Å². The number of aliphatic imine (C=N–C) groups is 1. The Morgan fingerprint density at radius 2 is 1.87 bits per heavy atom. The zero-order valence-electron chi connectivity index (χ0n) is 37.6. The molecule has 6 N–H and O–H groups in total. The number of hydrogen-bond donors (Lipinski definition) is 6. The first kappa shape index (κ1) is 46.9. The lowest BCUT2D eigenvalue weighted by atomic mass is 9.65. The highest BCUT2D eigenvalue weighted by molar-refractivity contribution is 5.97. The topological polar surface area (TPSA) is 171 Å². The number of ether oxygens (including phenoxy) is 3. The van der Waals surface area contributed by atoms with Crippen molar-refractivity contribution in [2.75, 3.05) is 40.2 Å². The number of benzene rings is 2. The molecule has 2 aromatic carbocycles. The first-order chi connectivity index (χ1) is 30.0. The summed E-state index contributed by atoms with van der Waals surface area (Å²) in [6.45, 7) is 2.68. The van der Waals surface area contributed by atoms with Crippen molar-refractivity contribution in [2.45, 2.75) is 133 Å². The number of aliphatic hydroxyl groups is 1. The minimum absolute atomic E-state index is 0.0121. The molecule has 2 bridgehead atoms. The van der Waals surface area contributed by atoms with Gasteiger partial charge in [0, 0.05) is 56.8 Å². The molecular weight excluding hydrogens is 785 g/mol. The summed E-state index contributed by atoms with van der Waals surface area (Å²) in [6, 6.07) is 12.5. The van der Waals surface area contributed by atoms with Crippen molar-refractivity contribution in [3.63, 3.8) is 0 Å². The Bertz CT molecular complexity index is 1980. The Balaban J connectivity index is 1.49. The molecule has 0 radical (unpaired) electrons. The first-order valence-corrected chi connectivity index (χ1v) is 22.9. The molecule has 12 nitrogen and oxygen atoms in total. The van der Waals surface area contributed by atoms with Gasteiger partial charge < -0.3 is 45.0 Å². The smallest absolute Gasteiger partial charge is 0.207 e. The van der Waals surface area contributed by atoms with E-state index >= 15 is 4.79 Å². The lowest BCUT2D eigenvalue weighted by molar-refractivity contribution is -0.125. The van der Waals surface area contributed by atoms with Crippen LogP contribution in [0.25, 0.3) is 0 Å². The molecule has 3 saturated carbocycles. The van der Waals surface area contributed by atoms with Crippen LogP contribution in [-0.4, -0.2) is 80.1 Å². The molecule has 4 aliphatic rings. The van der Waals surface area contributed by atoms with Crippen LogP contribution in [0.1, 0.15) is 121 Å². The predicted octanol–water partition coefficient (Wildman–Crippen LogP) is 7.93. The monoisotopic (exact) mass is 855 g/mol. The van der Waals surface area contributed by atoms with Crippen LogP contribution in [-0.2, 0) is 26.2 Å². The van der Waals surface area contributed by atoms with Crippen LogP contribution in [0, 0.1) is 41.1 Å². The van der Waals surface area contributed by atoms with Crippen molar-refractivity contribution >= 4 is 23.7 Å². The van der Waals surface area contributed by atoms with Crippen molar-refractivity contribution in [3.05, 3.63) is 53.6 Å². The maximum atomic E-state index is 15.2. The second-order valence-corrected chi connectivity index (χ2v) is 18.4. The Labute approximate surface area is 368 Å². The number of fused-ring (bicyclic) bond motifs is 4. The average molecular weight is 855 g/mol. The Kier molecular flexibility index (Phi) is 16.0. The van der Waals surface area contributed by atoms with Gasteiger partial charge in [-0.15, -0.1) is 0 Å². The number of anilines is 1. The van der Waals surface area contributed by atoms with E-state index in [1.807, 2.05) is 37.4 Å². The SMILES string of the molecule is CC[C@@H](CC=O)CC[C@@H]1/C=C/C(=O)[C@]2(Cc3ccc(O)c(OC)c3)CCC[C@H]2CC#CNC(=NC)Nc2cc(cc(O[C@]3(CNC)CC[C@@H](C[C@H](O)OC)C3)c2O)C12CCCC2. The summed E-state index contributed by atoms with van der Waals surface area (Å²) in [5.74, 6) is 4.86. The summed E-state index contributed by atoms with van der Waals surface area (Å²) >= 11 is 0. The number of phenols is 2. The van der Waals surface area contributed by atoms with Gasteiger partial charge in [-0.3, -0.25) is 15.1 Å². The van der Waals surface area contributed by atoms with Crippen molar-refractivity contribution in [1.29, 1.82) is 0 Å². The summed E-state index contributed by atoms with van der Waals surface area (Å²) in [5, 5.41) is 42.8. The fourth-order valence-corrected chi connectivity index (χ4v) is 11.4. The number of aromatic hydroxyl groups is 2. The molecule has 0 amide bonds. The van der Waals surface area contributed by atoms with Crippen LogP contribution in [0.5, 0.6) is 23.0 Å². The number of ketones is 1. The van der Waals surface area contributed by atoms with E-state index in [0.29, 0.717) is 61.8 Å². The molecule has 3 fully saturated rings. The molecule has 0 saturated heterocycles. The number of methoxy groups -OCH3 is 2. The Morgan fingerprint density at radius 3 is 2.58 bits per heavy atom. The van der Waals surface area contributed by atoms with Crippen LogP contribution < -0.4 is 25.4 Å². The van der Waals surface area contributed by atoms with Gasteiger partial charge in [0.2, 0.25) is 5.96 Å². The zero-order valence-corrected chi connectivity index (χ0v) is 37.6. The second kappa shape index (κ2) is 21.2. The Hall–Kier alpha value is -4.57. The highest BCUT2D eigenvalue weighted by Crippen LogP contribution is 2.54. The van der Waals surface area contributed by atoms with Crippen LogP contribution in [0.2, 0.25) is 0 Å². The van der Waals surface area contributed by atoms with E-state index in [4.69, 9.17) is 14.2 Å². The number of allylic oxidation sites excluding steroid dienone is 2. The predicted molar refractivity (Wildman–Crippen MR) is 242 cm³/mol. The van der Waals surface area contributed by atoms with Gasteiger partial charge in [-0.1, -0.05) is 50.7 Å². The number of carbonyl (C=O) groups is 2. The number of rotatable bonds is 16. The van der Waals surface area contributed by atoms with E-state index in [2.05, 4.69) is 45.9 Å². The van der Waals surface area contributed by atoms with Gasteiger partial charge in [0.1, 0.15) is 11.9 Å². The van der Waals surface area contributed by atoms with E-state index in [1.54, 1.807) is 13.1 Å². The van der Waals surface area contributed by atoms with Gasteiger partial charge in [0.15, 0.2) is 35.1 Å². The minimum atomic E-state index is -0.857. The van der Waals surface area contributed by atoms with Crippen LogP contribution in [0.3, 0.4) is 0 Å². The molecule has 1 aliphatic heterocycles. The molecule has 3 aliphatic carbocycles. The fourth-order valence-electron chi connectivity index (χ4n) is 11.4. The summed E-state index contributed by atoms with van der Waals surface area (Å²) in [4.78, 5) is 31.5. The number of phenolic OH excluding ortho intramolecular Hbond substituents is 2. The lowest BCUT2D eigenvalue weighted by Gasteiger charge is -2.39. The third-order valence-electron chi connectivity index (χ3n) is 14.8. The molecular formula is C50H70N4O8. The second-order valence-electron chi connectivity index (χ2n) is 18.4. The normalized spacial score (nSPS) is 28.0. The van der Waals surface area contributed by atoms with E-state index < -0.39 is 22.7 Å². The van der Waals surface area contributed by atoms with E-state index in [1.165, 1.54) is 14.2 Å². The first-order valence-electron chi connectivity index (χ1n) is 22.9. The number of guanidine groups is 1. The number of hydrogen-bond acceptors (Lipinski definition) is 10. The highest BCUT2D eigenvalue weighted by atomic mass is 16.6. The lowest BCUT2D eigenvalue weighted by Crippen LogP contribution is -2.43. The average Bonchev–Trinajstić information content (AvgIpc) is 4.03. The van der Waals surface area contributed by atoms with Gasteiger partial charge in [0.05, 0.1) is 12.8 Å². The summed E-state index contributed by atoms with van der Waals surface area (Å²) < 4.78 is 17.7. The zero-order chi connectivity index (χ0) is 44.3. The van der Waals surface area contributed by atoms with E-state index in [9.17, 15) is 20.1 Å². The minimum Gasteiger partial charge on any atom is -0.504 e.